The minimum absolute atomic E-state index is 0.234. The molecule has 94 valence electrons. The van der Waals surface area contributed by atoms with Crippen molar-refractivity contribution in [3.05, 3.63) is 69.9 Å². The molecule has 1 atom stereocenters. The van der Waals surface area contributed by atoms with Crippen molar-refractivity contribution < 1.29 is 4.39 Å². The lowest BCUT2D eigenvalue weighted by Crippen LogP contribution is -2.15. The predicted molar refractivity (Wildman–Crippen MR) is 76.0 cm³/mol. The quantitative estimate of drug-likeness (QED) is 0.911. The van der Waals surface area contributed by atoms with E-state index in [9.17, 15) is 4.39 Å². The Morgan fingerprint density at radius 1 is 1.11 bits per heavy atom. The van der Waals surface area contributed by atoms with E-state index >= 15 is 0 Å². The summed E-state index contributed by atoms with van der Waals surface area (Å²) in [5.74, 6) is 0.0336. The van der Waals surface area contributed by atoms with Crippen molar-refractivity contribution in [3.8, 4) is 0 Å². The first kappa shape index (κ1) is 13.2. The lowest BCUT2D eigenvalue weighted by molar-refractivity contribution is 0.618. The number of benzene rings is 2. The van der Waals surface area contributed by atoms with Crippen molar-refractivity contribution in [2.75, 3.05) is 6.54 Å². The average molecular weight is 308 g/mol. The number of halogens is 2. The van der Waals surface area contributed by atoms with Crippen molar-refractivity contribution >= 4 is 15.9 Å². The van der Waals surface area contributed by atoms with Crippen LogP contribution in [-0.2, 0) is 6.42 Å². The van der Waals surface area contributed by atoms with E-state index in [-0.39, 0.29) is 11.7 Å². The molecule has 1 unspecified atom stereocenters. The van der Waals surface area contributed by atoms with Gasteiger partial charge in [0.25, 0.3) is 0 Å². The highest BCUT2D eigenvalue weighted by Crippen LogP contribution is 2.23. The van der Waals surface area contributed by atoms with Crippen molar-refractivity contribution in [3.63, 3.8) is 0 Å². The Kier molecular flexibility index (Phi) is 4.50. The lowest BCUT2D eigenvalue weighted by Gasteiger charge is -2.15. The second-order valence-electron chi connectivity index (χ2n) is 4.30. The monoisotopic (exact) mass is 307 g/mol. The molecule has 2 N–H and O–H groups in total. The molecule has 0 aromatic heterocycles. The molecule has 0 aliphatic heterocycles. The van der Waals surface area contributed by atoms with E-state index in [1.165, 1.54) is 11.6 Å². The molecule has 2 aromatic carbocycles. The maximum Gasteiger partial charge on any atom is 0.137 e. The molecule has 0 bridgehead atoms. The molecule has 3 heteroatoms. The van der Waals surface area contributed by atoms with E-state index < -0.39 is 0 Å². The summed E-state index contributed by atoms with van der Waals surface area (Å²) >= 11 is 3.21. The molecule has 0 saturated carbocycles. The maximum absolute atomic E-state index is 13.2. The predicted octanol–water partition coefficient (Wildman–Crippen LogP) is 3.87. The molecular formula is C15H15BrFN. The highest BCUT2D eigenvalue weighted by Gasteiger charge is 2.11. The summed E-state index contributed by atoms with van der Waals surface area (Å²) in [5, 5.41) is 0. The van der Waals surface area contributed by atoms with E-state index in [4.69, 9.17) is 5.73 Å². The topological polar surface area (TPSA) is 26.0 Å². The van der Waals surface area contributed by atoms with Gasteiger partial charge in [0, 0.05) is 5.92 Å². The summed E-state index contributed by atoms with van der Waals surface area (Å²) in [6, 6.07) is 15.3. The molecule has 0 aliphatic rings. The van der Waals surface area contributed by atoms with Crippen LogP contribution in [0.5, 0.6) is 0 Å². The Labute approximate surface area is 115 Å². The molecule has 0 spiro atoms. The van der Waals surface area contributed by atoms with E-state index in [1.54, 1.807) is 0 Å². The third-order valence-electron chi connectivity index (χ3n) is 3.02. The molecular weight excluding hydrogens is 293 g/mol. The molecule has 0 radical (unpaired) electrons. The molecule has 0 amide bonds. The summed E-state index contributed by atoms with van der Waals surface area (Å²) in [6.07, 6.45) is 0.819. The number of nitrogens with two attached hydrogens (primary N) is 1. The van der Waals surface area contributed by atoms with Crippen LogP contribution < -0.4 is 5.73 Å². The third-order valence-corrected chi connectivity index (χ3v) is 3.63. The molecule has 2 rings (SSSR count). The molecule has 2 aromatic rings. The van der Waals surface area contributed by atoms with Gasteiger partial charge in [-0.05, 0) is 52.2 Å². The normalized spacial score (nSPS) is 12.4. The fraction of sp³-hybridized carbons (Fsp3) is 0.200. The highest BCUT2D eigenvalue weighted by molar-refractivity contribution is 9.10. The second kappa shape index (κ2) is 6.12. The van der Waals surface area contributed by atoms with Crippen molar-refractivity contribution in [1.82, 2.24) is 0 Å². The van der Waals surface area contributed by atoms with Crippen molar-refractivity contribution in [2.45, 2.75) is 12.3 Å². The minimum Gasteiger partial charge on any atom is -0.330 e. The van der Waals surface area contributed by atoms with Gasteiger partial charge < -0.3 is 5.73 Å². The SMILES string of the molecule is NCC(Cc1ccc(F)c(Br)c1)c1ccccc1. The van der Waals surface area contributed by atoms with Crippen LogP contribution in [-0.4, -0.2) is 6.54 Å². The van der Waals surface area contributed by atoms with Gasteiger partial charge in [-0.15, -0.1) is 0 Å². The number of hydrogen-bond donors (Lipinski definition) is 1. The van der Waals surface area contributed by atoms with Crippen LogP contribution >= 0.6 is 15.9 Å². The summed E-state index contributed by atoms with van der Waals surface area (Å²) < 4.78 is 13.7. The summed E-state index contributed by atoms with van der Waals surface area (Å²) in [6.45, 7) is 0.582. The Morgan fingerprint density at radius 3 is 2.44 bits per heavy atom. The molecule has 0 saturated heterocycles. The van der Waals surface area contributed by atoms with Gasteiger partial charge in [-0.25, -0.2) is 4.39 Å². The van der Waals surface area contributed by atoms with Crippen LogP contribution in [0, 0.1) is 5.82 Å². The summed E-state index contributed by atoms with van der Waals surface area (Å²) in [5.41, 5.74) is 8.14. The first-order valence-corrected chi connectivity index (χ1v) is 6.69. The molecule has 18 heavy (non-hydrogen) atoms. The van der Waals surface area contributed by atoms with Crippen LogP contribution in [0.2, 0.25) is 0 Å². The van der Waals surface area contributed by atoms with E-state index in [0.717, 1.165) is 12.0 Å². The van der Waals surface area contributed by atoms with Crippen LogP contribution in [0.1, 0.15) is 17.0 Å². The van der Waals surface area contributed by atoms with Crippen LogP contribution in [0.3, 0.4) is 0 Å². The Hall–Kier alpha value is -1.19. The van der Waals surface area contributed by atoms with E-state index in [2.05, 4.69) is 28.1 Å². The summed E-state index contributed by atoms with van der Waals surface area (Å²) in [4.78, 5) is 0. The Morgan fingerprint density at radius 2 is 1.83 bits per heavy atom. The van der Waals surface area contributed by atoms with Gasteiger partial charge >= 0.3 is 0 Å². The second-order valence-corrected chi connectivity index (χ2v) is 5.15. The minimum atomic E-state index is -0.234. The van der Waals surface area contributed by atoms with Gasteiger partial charge in [0.15, 0.2) is 0 Å². The van der Waals surface area contributed by atoms with Gasteiger partial charge in [0.1, 0.15) is 5.82 Å². The third kappa shape index (κ3) is 3.18. The standard InChI is InChI=1S/C15H15BrFN/c16-14-9-11(6-7-15(14)17)8-13(10-18)12-4-2-1-3-5-12/h1-7,9,13H,8,10,18H2. The molecule has 0 heterocycles. The zero-order chi connectivity index (χ0) is 13.0. The fourth-order valence-corrected chi connectivity index (χ4v) is 2.44. The van der Waals surface area contributed by atoms with Gasteiger partial charge in [-0.1, -0.05) is 36.4 Å². The number of hydrogen-bond acceptors (Lipinski definition) is 1. The first-order chi connectivity index (χ1) is 8.70. The first-order valence-electron chi connectivity index (χ1n) is 5.89. The van der Waals surface area contributed by atoms with Gasteiger partial charge in [-0.3, -0.25) is 0 Å². The highest BCUT2D eigenvalue weighted by atomic mass is 79.9. The molecule has 1 nitrogen and oxygen atoms in total. The van der Waals surface area contributed by atoms with Crippen LogP contribution in [0.4, 0.5) is 4.39 Å². The molecule has 0 aliphatic carbocycles. The number of rotatable bonds is 4. The maximum atomic E-state index is 13.2. The van der Waals surface area contributed by atoms with E-state index in [1.807, 2.05) is 30.3 Å². The fourth-order valence-electron chi connectivity index (χ4n) is 2.01. The Balaban J connectivity index is 2.18. The van der Waals surface area contributed by atoms with Crippen LogP contribution in [0.15, 0.2) is 53.0 Å². The largest absolute Gasteiger partial charge is 0.330 e. The zero-order valence-corrected chi connectivity index (χ0v) is 11.5. The van der Waals surface area contributed by atoms with Gasteiger partial charge in [0.05, 0.1) is 4.47 Å². The average Bonchev–Trinajstić information content (AvgIpc) is 2.41. The van der Waals surface area contributed by atoms with Gasteiger partial charge in [0.2, 0.25) is 0 Å². The van der Waals surface area contributed by atoms with Crippen molar-refractivity contribution in [2.24, 2.45) is 5.73 Å². The summed E-state index contributed by atoms with van der Waals surface area (Å²) in [7, 11) is 0. The van der Waals surface area contributed by atoms with Crippen molar-refractivity contribution in [1.29, 1.82) is 0 Å². The van der Waals surface area contributed by atoms with Crippen LogP contribution in [0.25, 0.3) is 0 Å². The molecule has 0 fully saturated rings. The Bertz CT molecular complexity index is 513. The smallest absolute Gasteiger partial charge is 0.137 e. The lowest BCUT2D eigenvalue weighted by atomic mass is 9.92. The van der Waals surface area contributed by atoms with E-state index in [0.29, 0.717) is 11.0 Å². The zero-order valence-electron chi connectivity index (χ0n) is 9.94. The van der Waals surface area contributed by atoms with Gasteiger partial charge in [-0.2, -0.15) is 0 Å².